The summed E-state index contributed by atoms with van der Waals surface area (Å²) in [6.07, 6.45) is 3.79. The second kappa shape index (κ2) is 7.75. The Balaban J connectivity index is 1.59. The van der Waals surface area contributed by atoms with Crippen molar-refractivity contribution in [3.8, 4) is 5.69 Å². The molecule has 162 valence electrons. The number of para-hydroxylation sites is 1. The summed E-state index contributed by atoms with van der Waals surface area (Å²) in [5.41, 5.74) is 5.72. The third-order valence-electron chi connectivity index (χ3n) is 5.97. The van der Waals surface area contributed by atoms with Crippen molar-refractivity contribution >= 4 is 22.5 Å². The van der Waals surface area contributed by atoms with E-state index in [1.165, 1.54) is 4.68 Å². The largest absolute Gasteiger partial charge is 0.324 e. The van der Waals surface area contributed by atoms with Crippen molar-refractivity contribution in [2.24, 2.45) is 0 Å². The molecule has 0 unspecified atom stereocenters. The van der Waals surface area contributed by atoms with Crippen molar-refractivity contribution in [1.82, 2.24) is 19.6 Å². The second-order valence-electron chi connectivity index (χ2n) is 8.59. The van der Waals surface area contributed by atoms with Crippen molar-refractivity contribution in [3.63, 3.8) is 0 Å². The third kappa shape index (κ3) is 3.60. The van der Waals surface area contributed by atoms with Crippen LogP contribution in [0.15, 0.2) is 53.5 Å². The molecule has 1 amide bonds. The molecule has 1 saturated carbocycles. The molecule has 1 N–H and O–H groups in total. The molecule has 1 aliphatic rings. The van der Waals surface area contributed by atoms with Crippen LogP contribution in [-0.2, 0) is 11.3 Å². The smallest absolute Gasteiger partial charge is 0.293 e. The fourth-order valence-corrected chi connectivity index (χ4v) is 4.12. The Hall–Kier alpha value is -3.74. The van der Waals surface area contributed by atoms with Gasteiger partial charge in [0.15, 0.2) is 0 Å². The van der Waals surface area contributed by atoms with Crippen LogP contribution in [0.1, 0.15) is 41.1 Å². The number of carbonyl (C=O) groups is 1. The summed E-state index contributed by atoms with van der Waals surface area (Å²) >= 11 is 0. The molecule has 2 aromatic carbocycles. The van der Waals surface area contributed by atoms with Crippen LogP contribution in [0.25, 0.3) is 16.6 Å². The summed E-state index contributed by atoms with van der Waals surface area (Å²) in [5, 5.41) is 12.8. The van der Waals surface area contributed by atoms with Gasteiger partial charge in [0.1, 0.15) is 12.1 Å². The molecule has 2 heterocycles. The highest BCUT2D eigenvalue weighted by Gasteiger charge is 2.30. The van der Waals surface area contributed by atoms with E-state index in [2.05, 4.69) is 21.6 Å². The van der Waals surface area contributed by atoms with Gasteiger partial charge >= 0.3 is 0 Å². The monoisotopic (exact) mass is 427 g/mol. The predicted octanol–water partition coefficient (Wildman–Crippen LogP) is 4.02. The van der Waals surface area contributed by atoms with Crippen molar-refractivity contribution in [2.75, 3.05) is 5.32 Å². The maximum atomic E-state index is 13.5. The molecule has 0 saturated heterocycles. The molecule has 0 radical (unpaired) electrons. The van der Waals surface area contributed by atoms with Gasteiger partial charge in [0.05, 0.1) is 17.6 Å². The van der Waals surface area contributed by atoms with Crippen LogP contribution in [0.5, 0.6) is 0 Å². The summed E-state index contributed by atoms with van der Waals surface area (Å²) in [5.74, 6) is 0.0214. The van der Waals surface area contributed by atoms with Gasteiger partial charge in [-0.1, -0.05) is 35.9 Å². The molecule has 1 fully saturated rings. The molecule has 2 aromatic heterocycles. The fourth-order valence-electron chi connectivity index (χ4n) is 4.12. The zero-order chi connectivity index (χ0) is 22.4. The summed E-state index contributed by atoms with van der Waals surface area (Å²) < 4.78 is 2.97. The van der Waals surface area contributed by atoms with Crippen LogP contribution in [0.4, 0.5) is 5.69 Å². The highest BCUT2D eigenvalue weighted by atomic mass is 16.2. The Kier molecular flexibility index (Phi) is 4.89. The van der Waals surface area contributed by atoms with Crippen LogP contribution in [-0.4, -0.2) is 25.5 Å². The lowest BCUT2D eigenvalue weighted by atomic mass is 10.1. The maximum Gasteiger partial charge on any atom is 0.293 e. The number of nitrogens with zero attached hydrogens (tertiary/aromatic N) is 4. The Morgan fingerprint density at radius 1 is 1.09 bits per heavy atom. The Bertz CT molecular complexity index is 1410. The molecule has 5 rings (SSSR count). The maximum absolute atomic E-state index is 13.5. The van der Waals surface area contributed by atoms with Gasteiger partial charge in [-0.25, -0.2) is 9.36 Å². The van der Waals surface area contributed by atoms with Gasteiger partial charge in [0.2, 0.25) is 5.91 Å². The number of rotatable bonds is 5. The van der Waals surface area contributed by atoms with Gasteiger partial charge < -0.3 is 5.32 Å². The highest BCUT2D eigenvalue weighted by Crippen LogP contribution is 2.41. The van der Waals surface area contributed by atoms with Gasteiger partial charge in [-0.3, -0.25) is 9.59 Å². The first-order valence-electron chi connectivity index (χ1n) is 10.8. The molecule has 4 aromatic rings. The van der Waals surface area contributed by atoms with Gasteiger partial charge in [0, 0.05) is 17.0 Å². The molecule has 0 spiro atoms. The fraction of sp³-hybridized carbons (Fsp3) is 0.280. The van der Waals surface area contributed by atoms with Crippen molar-refractivity contribution < 1.29 is 4.79 Å². The molecule has 1 aliphatic carbocycles. The number of anilines is 1. The van der Waals surface area contributed by atoms with E-state index in [4.69, 9.17) is 0 Å². The number of fused-ring (bicyclic) bond motifs is 1. The van der Waals surface area contributed by atoms with Crippen molar-refractivity contribution in [2.45, 2.75) is 46.1 Å². The average Bonchev–Trinajstić information content (AvgIpc) is 3.50. The lowest BCUT2D eigenvalue weighted by molar-refractivity contribution is -0.117. The number of amides is 1. The van der Waals surface area contributed by atoms with Crippen LogP contribution < -0.4 is 10.9 Å². The number of aromatic nitrogens is 4. The molecular formula is C25H25N5O2. The minimum Gasteiger partial charge on any atom is -0.324 e. The van der Waals surface area contributed by atoms with E-state index in [1.54, 1.807) is 10.9 Å². The number of nitrogens with one attached hydrogen (secondary N) is 1. The lowest BCUT2D eigenvalue weighted by Gasteiger charge is -2.12. The first-order valence-corrected chi connectivity index (χ1v) is 10.8. The number of benzene rings is 2. The van der Waals surface area contributed by atoms with E-state index in [0.29, 0.717) is 11.4 Å². The Labute approximate surface area is 185 Å². The molecule has 0 atom stereocenters. The molecule has 7 heteroatoms. The predicted molar refractivity (Wildman–Crippen MR) is 124 cm³/mol. The van der Waals surface area contributed by atoms with E-state index in [0.717, 1.165) is 52.0 Å². The van der Waals surface area contributed by atoms with Crippen LogP contribution in [0.2, 0.25) is 0 Å². The number of carbonyl (C=O) groups excluding carboxylic acids is 1. The quantitative estimate of drug-likeness (QED) is 0.521. The molecule has 32 heavy (non-hydrogen) atoms. The van der Waals surface area contributed by atoms with E-state index >= 15 is 0 Å². The number of hydrogen-bond acceptors (Lipinski definition) is 4. The third-order valence-corrected chi connectivity index (χ3v) is 5.97. The highest BCUT2D eigenvalue weighted by molar-refractivity contribution is 5.91. The van der Waals surface area contributed by atoms with Crippen molar-refractivity contribution in [3.05, 3.63) is 81.4 Å². The minimum atomic E-state index is -0.318. The Morgan fingerprint density at radius 2 is 1.88 bits per heavy atom. The zero-order valence-corrected chi connectivity index (χ0v) is 18.4. The van der Waals surface area contributed by atoms with Gasteiger partial charge in [-0.2, -0.15) is 10.2 Å². The zero-order valence-electron chi connectivity index (χ0n) is 18.4. The normalized spacial score (nSPS) is 13.5. The summed E-state index contributed by atoms with van der Waals surface area (Å²) in [6.45, 7) is 5.82. The number of hydrogen-bond donors (Lipinski definition) is 1. The molecule has 7 nitrogen and oxygen atoms in total. The Morgan fingerprint density at radius 3 is 2.59 bits per heavy atom. The lowest BCUT2D eigenvalue weighted by Crippen LogP contribution is -2.31. The van der Waals surface area contributed by atoms with E-state index < -0.39 is 0 Å². The summed E-state index contributed by atoms with van der Waals surface area (Å²) in [4.78, 5) is 26.2. The van der Waals surface area contributed by atoms with Gasteiger partial charge in [-0.15, -0.1) is 0 Å². The van der Waals surface area contributed by atoms with E-state index in [9.17, 15) is 9.59 Å². The topological polar surface area (TPSA) is 81.8 Å². The van der Waals surface area contributed by atoms with Crippen LogP contribution in [0, 0.1) is 20.8 Å². The SMILES string of the molecule is Cc1ccc(-n2ncc3c(C4CC4)nn(CC(=O)Nc4ccccc4C)c(=O)c32)c(C)c1. The van der Waals surface area contributed by atoms with E-state index in [1.807, 2.05) is 57.2 Å². The van der Waals surface area contributed by atoms with Crippen LogP contribution in [0.3, 0.4) is 0 Å². The summed E-state index contributed by atoms with van der Waals surface area (Å²) in [6, 6.07) is 13.6. The van der Waals surface area contributed by atoms with Gasteiger partial charge in [0.25, 0.3) is 5.56 Å². The first kappa shape index (κ1) is 20.2. The minimum absolute atomic E-state index is 0.152. The first-order chi connectivity index (χ1) is 15.4. The van der Waals surface area contributed by atoms with Crippen molar-refractivity contribution in [1.29, 1.82) is 0 Å². The molecule has 0 bridgehead atoms. The molecular weight excluding hydrogens is 402 g/mol. The number of aryl methyl sites for hydroxylation is 3. The second-order valence-corrected chi connectivity index (χ2v) is 8.59. The van der Waals surface area contributed by atoms with E-state index in [-0.39, 0.29) is 18.0 Å². The average molecular weight is 428 g/mol. The summed E-state index contributed by atoms with van der Waals surface area (Å²) in [7, 11) is 0. The standard InChI is InChI=1S/C25H25N5O2/c1-15-8-11-21(17(3)12-15)30-24-19(13-26-30)23(18-9-10-18)28-29(25(24)32)14-22(31)27-20-7-5-4-6-16(20)2/h4-8,11-13,18H,9-10,14H2,1-3H3,(H,27,31). The molecule has 0 aliphatic heterocycles. The van der Waals surface area contributed by atoms with Gasteiger partial charge in [-0.05, 0) is 56.9 Å². The van der Waals surface area contributed by atoms with Crippen LogP contribution >= 0.6 is 0 Å².